The van der Waals surface area contributed by atoms with Gasteiger partial charge in [0, 0.05) is 18.2 Å². The Labute approximate surface area is 107 Å². The van der Waals surface area contributed by atoms with Crippen LogP contribution in [-0.4, -0.2) is 15.9 Å². The molecule has 4 nitrogen and oxygen atoms in total. The molecule has 1 rings (SSSR count). The SMILES string of the molecule is CC(=O)Nc1nc(C)c(CCC(C)C)c(Cl)n1. The number of rotatable bonds is 4. The van der Waals surface area contributed by atoms with Crippen LogP contribution >= 0.6 is 11.6 Å². The molecule has 1 heterocycles. The number of aromatic nitrogens is 2. The van der Waals surface area contributed by atoms with Gasteiger partial charge in [0.15, 0.2) is 0 Å². The van der Waals surface area contributed by atoms with Gasteiger partial charge < -0.3 is 0 Å². The number of halogens is 1. The Morgan fingerprint density at radius 2 is 2.06 bits per heavy atom. The maximum atomic E-state index is 10.9. The molecule has 17 heavy (non-hydrogen) atoms. The third-order valence-corrected chi connectivity index (χ3v) is 2.74. The normalized spacial score (nSPS) is 10.7. The number of nitrogens with zero attached hydrogens (tertiary/aromatic N) is 2. The molecule has 0 saturated heterocycles. The molecule has 0 spiro atoms. The third kappa shape index (κ3) is 4.30. The topological polar surface area (TPSA) is 54.9 Å². The van der Waals surface area contributed by atoms with Crippen molar-refractivity contribution in [3.63, 3.8) is 0 Å². The van der Waals surface area contributed by atoms with E-state index >= 15 is 0 Å². The van der Waals surface area contributed by atoms with Gasteiger partial charge >= 0.3 is 0 Å². The van der Waals surface area contributed by atoms with Crippen molar-refractivity contribution in [3.8, 4) is 0 Å². The molecule has 0 atom stereocenters. The molecule has 1 N–H and O–H groups in total. The zero-order valence-electron chi connectivity index (χ0n) is 10.7. The van der Waals surface area contributed by atoms with E-state index in [9.17, 15) is 4.79 Å². The van der Waals surface area contributed by atoms with Crippen molar-refractivity contribution in [1.82, 2.24) is 9.97 Å². The summed E-state index contributed by atoms with van der Waals surface area (Å²) < 4.78 is 0. The van der Waals surface area contributed by atoms with Crippen LogP contribution < -0.4 is 5.32 Å². The Morgan fingerprint density at radius 1 is 1.41 bits per heavy atom. The lowest BCUT2D eigenvalue weighted by atomic mass is 10.0. The number of hydrogen-bond donors (Lipinski definition) is 1. The van der Waals surface area contributed by atoms with E-state index in [1.165, 1.54) is 6.92 Å². The lowest BCUT2D eigenvalue weighted by molar-refractivity contribution is -0.114. The highest BCUT2D eigenvalue weighted by molar-refractivity contribution is 6.30. The summed E-state index contributed by atoms with van der Waals surface area (Å²) in [6.45, 7) is 7.62. The second kappa shape index (κ2) is 5.96. The molecular weight excluding hydrogens is 238 g/mol. The van der Waals surface area contributed by atoms with E-state index in [1.54, 1.807) is 0 Å². The third-order valence-electron chi connectivity index (χ3n) is 2.42. The molecule has 0 aliphatic heterocycles. The largest absolute Gasteiger partial charge is 0.295 e. The highest BCUT2D eigenvalue weighted by atomic mass is 35.5. The van der Waals surface area contributed by atoms with Gasteiger partial charge in [-0.25, -0.2) is 9.97 Å². The van der Waals surface area contributed by atoms with Gasteiger partial charge in [0.05, 0.1) is 0 Å². The van der Waals surface area contributed by atoms with Crippen LogP contribution in [0.4, 0.5) is 5.95 Å². The molecule has 0 saturated carbocycles. The minimum absolute atomic E-state index is 0.199. The minimum atomic E-state index is -0.199. The summed E-state index contributed by atoms with van der Waals surface area (Å²) in [7, 11) is 0. The van der Waals surface area contributed by atoms with E-state index in [0.717, 1.165) is 24.1 Å². The summed E-state index contributed by atoms with van der Waals surface area (Å²) in [6, 6.07) is 0. The van der Waals surface area contributed by atoms with Gasteiger partial charge in [-0.05, 0) is 25.7 Å². The monoisotopic (exact) mass is 255 g/mol. The lowest BCUT2D eigenvalue weighted by Gasteiger charge is -2.10. The first-order valence-corrected chi connectivity index (χ1v) is 6.08. The first-order chi connectivity index (χ1) is 7.90. The van der Waals surface area contributed by atoms with Gasteiger partial charge in [-0.15, -0.1) is 0 Å². The number of anilines is 1. The molecule has 1 aromatic heterocycles. The van der Waals surface area contributed by atoms with Gasteiger partial charge in [-0.2, -0.15) is 0 Å². The fourth-order valence-electron chi connectivity index (χ4n) is 1.49. The van der Waals surface area contributed by atoms with E-state index in [1.807, 2.05) is 6.92 Å². The van der Waals surface area contributed by atoms with Crippen LogP contribution in [-0.2, 0) is 11.2 Å². The highest BCUT2D eigenvalue weighted by Crippen LogP contribution is 2.21. The van der Waals surface area contributed by atoms with Crippen molar-refractivity contribution in [2.75, 3.05) is 5.32 Å². The number of aryl methyl sites for hydroxylation is 1. The van der Waals surface area contributed by atoms with Crippen molar-refractivity contribution in [2.45, 2.75) is 40.5 Å². The van der Waals surface area contributed by atoms with Crippen LogP contribution in [0.2, 0.25) is 5.15 Å². The van der Waals surface area contributed by atoms with Gasteiger partial charge in [-0.1, -0.05) is 25.4 Å². The van der Waals surface area contributed by atoms with Gasteiger partial charge in [-0.3, -0.25) is 10.1 Å². The van der Waals surface area contributed by atoms with Crippen LogP contribution in [0.15, 0.2) is 0 Å². The summed E-state index contributed by atoms with van der Waals surface area (Å²) >= 11 is 6.10. The predicted octanol–water partition coefficient (Wildman–Crippen LogP) is 2.99. The molecule has 0 aromatic carbocycles. The Morgan fingerprint density at radius 3 is 2.53 bits per heavy atom. The molecular formula is C12H18ClN3O. The van der Waals surface area contributed by atoms with E-state index in [2.05, 4.69) is 29.1 Å². The van der Waals surface area contributed by atoms with Crippen LogP contribution in [0.1, 0.15) is 38.4 Å². The summed E-state index contributed by atoms with van der Waals surface area (Å²) in [4.78, 5) is 19.2. The molecule has 1 amide bonds. The summed E-state index contributed by atoms with van der Waals surface area (Å²) in [5.41, 5.74) is 1.80. The number of nitrogens with one attached hydrogen (secondary N) is 1. The van der Waals surface area contributed by atoms with Gasteiger partial charge in [0.2, 0.25) is 11.9 Å². The maximum Gasteiger partial charge on any atom is 0.231 e. The predicted molar refractivity (Wildman–Crippen MR) is 69.2 cm³/mol. The Kier molecular flexibility index (Phi) is 4.87. The van der Waals surface area contributed by atoms with E-state index in [-0.39, 0.29) is 11.9 Å². The Bertz CT molecular complexity index is 395. The highest BCUT2D eigenvalue weighted by Gasteiger charge is 2.11. The Hall–Kier alpha value is -1.16. The van der Waals surface area contributed by atoms with Crippen molar-refractivity contribution in [3.05, 3.63) is 16.4 Å². The quantitative estimate of drug-likeness (QED) is 0.842. The van der Waals surface area contributed by atoms with Gasteiger partial charge in [0.1, 0.15) is 5.15 Å². The number of carbonyl (C=O) groups is 1. The van der Waals surface area contributed by atoms with Crippen molar-refractivity contribution < 1.29 is 4.79 Å². The molecule has 0 radical (unpaired) electrons. The second-order valence-electron chi connectivity index (χ2n) is 4.52. The molecule has 0 aliphatic rings. The zero-order chi connectivity index (χ0) is 13.0. The molecule has 0 aliphatic carbocycles. The first-order valence-electron chi connectivity index (χ1n) is 5.70. The smallest absolute Gasteiger partial charge is 0.231 e. The fourth-order valence-corrected chi connectivity index (χ4v) is 1.80. The standard InChI is InChI=1S/C12H18ClN3O/c1-7(2)5-6-10-8(3)14-12(15-9(4)17)16-11(10)13/h7H,5-6H2,1-4H3,(H,14,15,16,17). The zero-order valence-corrected chi connectivity index (χ0v) is 11.4. The summed E-state index contributed by atoms with van der Waals surface area (Å²) in [5, 5.41) is 2.97. The number of amides is 1. The molecule has 0 fully saturated rings. The molecule has 1 aromatic rings. The Balaban J connectivity index is 2.90. The number of carbonyl (C=O) groups excluding carboxylic acids is 1. The minimum Gasteiger partial charge on any atom is -0.295 e. The van der Waals surface area contributed by atoms with Crippen molar-refractivity contribution >= 4 is 23.5 Å². The number of hydrogen-bond acceptors (Lipinski definition) is 3. The van der Waals surface area contributed by atoms with E-state index < -0.39 is 0 Å². The second-order valence-corrected chi connectivity index (χ2v) is 4.87. The maximum absolute atomic E-state index is 10.9. The van der Waals surface area contributed by atoms with E-state index in [0.29, 0.717) is 11.1 Å². The first kappa shape index (κ1) is 13.9. The molecule has 94 valence electrons. The van der Waals surface area contributed by atoms with E-state index in [4.69, 9.17) is 11.6 Å². The van der Waals surface area contributed by atoms with Crippen LogP contribution in [0.5, 0.6) is 0 Å². The van der Waals surface area contributed by atoms with Crippen LogP contribution in [0.25, 0.3) is 0 Å². The van der Waals surface area contributed by atoms with Crippen LogP contribution in [0.3, 0.4) is 0 Å². The molecule has 0 bridgehead atoms. The fraction of sp³-hybridized carbons (Fsp3) is 0.583. The lowest BCUT2D eigenvalue weighted by Crippen LogP contribution is -2.11. The van der Waals surface area contributed by atoms with Gasteiger partial charge in [0.25, 0.3) is 0 Å². The molecule has 5 heteroatoms. The van der Waals surface area contributed by atoms with Crippen LogP contribution in [0, 0.1) is 12.8 Å². The summed E-state index contributed by atoms with van der Waals surface area (Å²) in [5.74, 6) is 0.684. The van der Waals surface area contributed by atoms with Crippen molar-refractivity contribution in [2.24, 2.45) is 5.92 Å². The average molecular weight is 256 g/mol. The average Bonchev–Trinajstić information content (AvgIpc) is 2.14. The van der Waals surface area contributed by atoms with Crippen molar-refractivity contribution in [1.29, 1.82) is 0 Å². The summed E-state index contributed by atoms with van der Waals surface area (Å²) in [6.07, 6.45) is 1.91. The molecule has 0 unspecified atom stereocenters.